The second-order valence-corrected chi connectivity index (χ2v) is 5.80. The quantitative estimate of drug-likeness (QED) is 0.611. The summed E-state index contributed by atoms with van der Waals surface area (Å²) in [4.78, 5) is 22.4. The molecule has 1 aliphatic rings. The molecule has 8 nitrogen and oxygen atoms in total. The zero-order valence-electron chi connectivity index (χ0n) is 11.9. The largest absolute Gasteiger partial charge is 0.393 e. The summed E-state index contributed by atoms with van der Waals surface area (Å²) in [7, 11) is 0. The van der Waals surface area contributed by atoms with Crippen LogP contribution in [0.15, 0.2) is 11.1 Å². The van der Waals surface area contributed by atoms with Gasteiger partial charge in [0.25, 0.3) is 5.56 Å². The fourth-order valence-corrected chi connectivity index (χ4v) is 3.37. The number of aliphatic hydroxyl groups is 2. The van der Waals surface area contributed by atoms with Crippen LogP contribution in [0, 0.1) is 11.8 Å². The van der Waals surface area contributed by atoms with Crippen molar-refractivity contribution in [3.63, 3.8) is 0 Å². The summed E-state index contributed by atoms with van der Waals surface area (Å²) in [6.45, 7) is 3.43. The average Bonchev–Trinajstić information content (AvgIpc) is 2.70. The number of nitrogens with two attached hydrogens (primary N) is 1. The minimum Gasteiger partial charge on any atom is -0.393 e. The summed E-state index contributed by atoms with van der Waals surface area (Å²) >= 11 is 0. The maximum absolute atomic E-state index is 11.8. The van der Waals surface area contributed by atoms with Crippen molar-refractivity contribution in [2.24, 2.45) is 11.8 Å². The average molecular weight is 293 g/mol. The molecule has 5 atom stereocenters. The molecular formula is C13H19N5O3. The van der Waals surface area contributed by atoms with E-state index in [0.717, 1.165) is 0 Å². The van der Waals surface area contributed by atoms with Crippen LogP contribution in [-0.4, -0.2) is 41.9 Å². The Kier molecular flexibility index (Phi) is 3.22. The molecule has 0 spiro atoms. The van der Waals surface area contributed by atoms with E-state index in [1.165, 1.54) is 0 Å². The van der Waals surface area contributed by atoms with E-state index in [2.05, 4.69) is 15.0 Å². The topological polar surface area (TPSA) is 130 Å². The van der Waals surface area contributed by atoms with Crippen LogP contribution in [0.3, 0.4) is 0 Å². The highest BCUT2D eigenvalue weighted by molar-refractivity contribution is 5.70. The lowest BCUT2D eigenvalue weighted by atomic mass is 9.64. The molecule has 114 valence electrons. The highest BCUT2D eigenvalue weighted by Gasteiger charge is 2.47. The van der Waals surface area contributed by atoms with E-state index >= 15 is 0 Å². The van der Waals surface area contributed by atoms with E-state index in [-0.39, 0.29) is 34.9 Å². The number of nitrogens with zero attached hydrogens (tertiary/aromatic N) is 3. The molecule has 0 radical (unpaired) electrons. The molecule has 5 N–H and O–H groups in total. The molecule has 0 bridgehead atoms. The van der Waals surface area contributed by atoms with Crippen LogP contribution in [0.5, 0.6) is 0 Å². The molecule has 0 aromatic carbocycles. The predicted molar refractivity (Wildman–Crippen MR) is 76.6 cm³/mol. The molecule has 1 fully saturated rings. The Balaban J connectivity index is 2.04. The Morgan fingerprint density at radius 2 is 2.14 bits per heavy atom. The van der Waals surface area contributed by atoms with Crippen molar-refractivity contribution in [3.05, 3.63) is 16.7 Å². The molecule has 2 aromatic heterocycles. The maximum Gasteiger partial charge on any atom is 0.280 e. The van der Waals surface area contributed by atoms with Crippen molar-refractivity contribution in [2.75, 3.05) is 5.73 Å². The van der Waals surface area contributed by atoms with E-state index < -0.39 is 12.2 Å². The fraction of sp³-hybridized carbons (Fsp3) is 0.615. The van der Waals surface area contributed by atoms with Gasteiger partial charge in [-0.25, -0.2) is 4.98 Å². The second kappa shape index (κ2) is 4.81. The van der Waals surface area contributed by atoms with Crippen LogP contribution < -0.4 is 11.3 Å². The number of nitrogens with one attached hydrogen (secondary N) is 1. The van der Waals surface area contributed by atoms with Gasteiger partial charge in [-0.3, -0.25) is 9.78 Å². The number of hydrogen-bond donors (Lipinski definition) is 4. The maximum atomic E-state index is 11.8. The number of rotatable bonds is 3. The van der Waals surface area contributed by atoms with Crippen molar-refractivity contribution in [2.45, 2.75) is 38.5 Å². The summed E-state index contributed by atoms with van der Waals surface area (Å²) in [5, 5.41) is 19.8. The Bertz CT molecular complexity index is 720. The van der Waals surface area contributed by atoms with Crippen molar-refractivity contribution < 1.29 is 10.2 Å². The van der Waals surface area contributed by atoms with E-state index in [1.54, 1.807) is 24.7 Å². The first-order chi connectivity index (χ1) is 9.90. The lowest BCUT2D eigenvalue weighted by molar-refractivity contribution is -0.0756. The van der Waals surface area contributed by atoms with Gasteiger partial charge in [-0.2, -0.15) is 4.98 Å². The highest BCUT2D eigenvalue weighted by atomic mass is 16.3. The monoisotopic (exact) mass is 293 g/mol. The number of fused-ring (bicyclic) bond motifs is 1. The van der Waals surface area contributed by atoms with Gasteiger partial charge in [0.05, 0.1) is 18.5 Å². The van der Waals surface area contributed by atoms with Crippen molar-refractivity contribution in [1.29, 1.82) is 0 Å². The van der Waals surface area contributed by atoms with E-state index in [4.69, 9.17) is 5.73 Å². The number of aromatic nitrogens is 4. The van der Waals surface area contributed by atoms with E-state index in [0.29, 0.717) is 12.1 Å². The van der Waals surface area contributed by atoms with Gasteiger partial charge in [0.2, 0.25) is 5.95 Å². The molecule has 0 saturated heterocycles. The van der Waals surface area contributed by atoms with Gasteiger partial charge in [-0.05, 0) is 26.2 Å². The van der Waals surface area contributed by atoms with Crippen LogP contribution in [0.25, 0.3) is 11.2 Å². The summed E-state index contributed by atoms with van der Waals surface area (Å²) in [5.41, 5.74) is 5.85. The minimum absolute atomic E-state index is 0.0202. The van der Waals surface area contributed by atoms with Crippen LogP contribution in [0.1, 0.15) is 26.3 Å². The summed E-state index contributed by atoms with van der Waals surface area (Å²) in [6.07, 6.45) is 1.19. The number of anilines is 1. The number of hydrogen-bond acceptors (Lipinski definition) is 6. The van der Waals surface area contributed by atoms with Crippen LogP contribution in [0.4, 0.5) is 5.95 Å². The molecule has 2 heterocycles. The van der Waals surface area contributed by atoms with E-state index in [1.807, 2.05) is 0 Å². The zero-order chi connectivity index (χ0) is 15.3. The number of aliphatic hydroxyl groups excluding tert-OH is 2. The summed E-state index contributed by atoms with van der Waals surface area (Å²) < 4.78 is 1.78. The second-order valence-electron chi connectivity index (χ2n) is 5.80. The smallest absolute Gasteiger partial charge is 0.280 e. The van der Waals surface area contributed by atoms with E-state index in [9.17, 15) is 15.0 Å². The SMILES string of the molecule is CC(O)C1CC(n2cnc3c(=O)[nH]c(N)nc32)C1C(C)O. The fourth-order valence-electron chi connectivity index (χ4n) is 3.37. The van der Waals surface area contributed by atoms with Gasteiger partial charge in [-0.15, -0.1) is 0 Å². The molecular weight excluding hydrogens is 274 g/mol. The molecule has 1 aliphatic carbocycles. The standard InChI is InChI=1S/C13H19N5O3/c1-5(19)7-3-8(9(7)6(2)20)18-4-15-10-11(18)16-13(14)17-12(10)21/h4-9,19-20H,3H2,1-2H3,(H3,14,16,17,21). The van der Waals surface area contributed by atoms with Gasteiger partial charge < -0.3 is 20.5 Å². The van der Waals surface area contributed by atoms with Gasteiger partial charge in [0.15, 0.2) is 11.2 Å². The number of aromatic amines is 1. The number of H-pyrrole nitrogens is 1. The first kappa shape index (κ1) is 14.0. The van der Waals surface area contributed by atoms with Crippen LogP contribution in [0.2, 0.25) is 0 Å². The third-order valence-corrected chi connectivity index (χ3v) is 4.44. The third-order valence-electron chi connectivity index (χ3n) is 4.44. The van der Waals surface area contributed by atoms with Crippen molar-refractivity contribution in [3.8, 4) is 0 Å². The predicted octanol–water partition coefficient (Wildman–Crippen LogP) is -0.359. The first-order valence-corrected chi connectivity index (χ1v) is 6.98. The third kappa shape index (κ3) is 2.11. The van der Waals surface area contributed by atoms with Crippen molar-refractivity contribution >= 4 is 17.1 Å². The van der Waals surface area contributed by atoms with Gasteiger partial charge in [-0.1, -0.05) is 0 Å². The number of imidazole rings is 1. The minimum atomic E-state index is -0.569. The molecule has 1 saturated carbocycles. The molecule has 2 aromatic rings. The van der Waals surface area contributed by atoms with Crippen LogP contribution in [-0.2, 0) is 0 Å². The van der Waals surface area contributed by atoms with Gasteiger partial charge in [0.1, 0.15) is 0 Å². The Hall–Kier alpha value is -1.93. The highest BCUT2D eigenvalue weighted by Crippen LogP contribution is 2.48. The zero-order valence-corrected chi connectivity index (χ0v) is 11.9. The van der Waals surface area contributed by atoms with Crippen molar-refractivity contribution in [1.82, 2.24) is 19.5 Å². The Morgan fingerprint density at radius 1 is 1.43 bits per heavy atom. The summed E-state index contributed by atoms with van der Waals surface area (Å²) in [6, 6.07) is -0.0525. The molecule has 5 unspecified atom stereocenters. The lowest BCUT2D eigenvalue weighted by Crippen LogP contribution is -2.48. The van der Waals surface area contributed by atoms with Crippen LogP contribution >= 0.6 is 0 Å². The normalized spacial score (nSPS) is 28.3. The lowest BCUT2D eigenvalue weighted by Gasteiger charge is -2.48. The first-order valence-electron chi connectivity index (χ1n) is 6.98. The molecule has 0 amide bonds. The Morgan fingerprint density at radius 3 is 2.76 bits per heavy atom. The molecule has 3 rings (SSSR count). The van der Waals surface area contributed by atoms with Gasteiger partial charge in [0, 0.05) is 12.0 Å². The molecule has 21 heavy (non-hydrogen) atoms. The molecule has 0 aliphatic heterocycles. The Labute approximate surface area is 120 Å². The van der Waals surface area contributed by atoms with Gasteiger partial charge >= 0.3 is 0 Å². The summed E-state index contributed by atoms with van der Waals surface area (Å²) in [5.74, 6) is -0.0502. The molecule has 8 heteroatoms. The number of nitrogen functional groups attached to an aromatic ring is 1.